The van der Waals surface area contributed by atoms with Crippen molar-refractivity contribution in [3.8, 4) is 0 Å². The minimum absolute atomic E-state index is 0.0647. The fourth-order valence-corrected chi connectivity index (χ4v) is 4.52. The zero-order valence-electron chi connectivity index (χ0n) is 16.1. The molecule has 0 fully saturated rings. The van der Waals surface area contributed by atoms with Gasteiger partial charge in [-0.1, -0.05) is 25.4 Å². The molecule has 0 saturated heterocycles. The van der Waals surface area contributed by atoms with Gasteiger partial charge in [-0.05, 0) is 49.2 Å². The van der Waals surface area contributed by atoms with Gasteiger partial charge in [-0.15, -0.1) is 0 Å². The molecule has 0 aliphatic heterocycles. The van der Waals surface area contributed by atoms with Crippen LogP contribution in [0, 0.1) is 10.1 Å². The number of nitro groups is 1. The molecule has 0 aliphatic rings. The van der Waals surface area contributed by atoms with Gasteiger partial charge < -0.3 is 5.32 Å². The summed E-state index contributed by atoms with van der Waals surface area (Å²) in [5.41, 5.74) is 0.0617. The summed E-state index contributed by atoms with van der Waals surface area (Å²) in [6, 6.07) is 9.54. The number of benzene rings is 2. The average molecular weight is 440 g/mol. The molecule has 0 saturated carbocycles. The van der Waals surface area contributed by atoms with Gasteiger partial charge in [0.15, 0.2) is 0 Å². The van der Waals surface area contributed by atoms with E-state index in [1.165, 1.54) is 40.7 Å². The second kappa shape index (κ2) is 9.82. The number of carbonyl (C=O) groups is 1. The van der Waals surface area contributed by atoms with Crippen LogP contribution in [0.2, 0.25) is 5.02 Å². The molecule has 0 heterocycles. The summed E-state index contributed by atoms with van der Waals surface area (Å²) < 4.78 is 27.0. The van der Waals surface area contributed by atoms with E-state index in [0.29, 0.717) is 31.6 Å². The molecule has 0 unspecified atom stereocenters. The third-order valence-corrected chi connectivity index (χ3v) is 6.33. The van der Waals surface area contributed by atoms with Crippen LogP contribution >= 0.6 is 11.6 Å². The molecule has 0 spiro atoms. The van der Waals surface area contributed by atoms with Crippen LogP contribution in [0.5, 0.6) is 0 Å². The van der Waals surface area contributed by atoms with Crippen LogP contribution in [-0.2, 0) is 10.0 Å². The van der Waals surface area contributed by atoms with Gasteiger partial charge in [0.1, 0.15) is 5.02 Å². The Morgan fingerprint density at radius 1 is 1.10 bits per heavy atom. The monoisotopic (exact) mass is 439 g/mol. The molecule has 10 heteroatoms. The summed E-state index contributed by atoms with van der Waals surface area (Å²) in [5, 5.41) is 13.5. The van der Waals surface area contributed by atoms with Crippen molar-refractivity contribution in [3.05, 3.63) is 63.2 Å². The van der Waals surface area contributed by atoms with E-state index in [1.807, 2.05) is 13.8 Å². The lowest BCUT2D eigenvalue weighted by Crippen LogP contribution is -2.32. The molecule has 8 nitrogen and oxygen atoms in total. The second-order valence-electron chi connectivity index (χ2n) is 6.31. The van der Waals surface area contributed by atoms with Crippen molar-refractivity contribution in [3.63, 3.8) is 0 Å². The van der Waals surface area contributed by atoms with Gasteiger partial charge in [0.05, 0.1) is 9.82 Å². The van der Waals surface area contributed by atoms with Crippen LogP contribution < -0.4 is 5.32 Å². The van der Waals surface area contributed by atoms with Crippen LogP contribution in [0.4, 0.5) is 11.4 Å². The normalized spacial score (nSPS) is 11.4. The molecule has 2 aromatic rings. The smallest absolute Gasteiger partial charge is 0.288 e. The van der Waals surface area contributed by atoms with E-state index in [4.69, 9.17) is 11.6 Å². The summed E-state index contributed by atoms with van der Waals surface area (Å²) >= 11 is 5.75. The Morgan fingerprint density at radius 3 is 2.21 bits per heavy atom. The number of rotatable bonds is 9. The summed E-state index contributed by atoms with van der Waals surface area (Å²) in [6.07, 6.45) is 1.42. The fraction of sp³-hybridized carbons (Fsp3) is 0.316. The van der Waals surface area contributed by atoms with Crippen LogP contribution in [0.1, 0.15) is 37.0 Å². The van der Waals surface area contributed by atoms with Crippen LogP contribution in [-0.4, -0.2) is 36.6 Å². The second-order valence-corrected chi connectivity index (χ2v) is 8.65. The standard InChI is InChI=1S/C19H22ClN3O5S/c1-3-11-22(12-4-2)29(27,28)16-8-6-15(7-9-16)21-19(24)14-5-10-17(20)18(13-14)23(25)26/h5-10,13H,3-4,11-12H2,1-2H3,(H,21,24). The molecule has 2 aromatic carbocycles. The fourth-order valence-electron chi connectivity index (χ4n) is 2.71. The number of nitro benzene ring substituents is 1. The van der Waals surface area contributed by atoms with E-state index in [1.54, 1.807) is 0 Å². The Kier molecular flexibility index (Phi) is 7.72. The lowest BCUT2D eigenvalue weighted by molar-refractivity contribution is -0.384. The molecule has 0 aromatic heterocycles. The van der Waals surface area contributed by atoms with Crippen LogP contribution in [0.15, 0.2) is 47.4 Å². The Morgan fingerprint density at radius 2 is 1.69 bits per heavy atom. The number of nitrogens with one attached hydrogen (secondary N) is 1. The predicted octanol–water partition coefficient (Wildman–Crippen LogP) is 4.31. The van der Waals surface area contributed by atoms with Crippen LogP contribution in [0.3, 0.4) is 0 Å². The molecule has 0 radical (unpaired) electrons. The number of carbonyl (C=O) groups excluding carboxylic acids is 1. The van der Waals surface area contributed by atoms with E-state index in [0.717, 1.165) is 6.07 Å². The molecular formula is C19H22ClN3O5S. The summed E-state index contributed by atoms with van der Waals surface area (Å²) in [4.78, 5) is 22.8. The zero-order chi connectivity index (χ0) is 21.6. The minimum atomic E-state index is -3.61. The maximum atomic E-state index is 12.8. The lowest BCUT2D eigenvalue weighted by atomic mass is 10.2. The summed E-state index contributed by atoms with van der Waals surface area (Å²) in [7, 11) is -3.61. The first-order valence-corrected chi connectivity index (χ1v) is 10.9. The number of halogens is 1. The maximum Gasteiger partial charge on any atom is 0.288 e. The van der Waals surface area contributed by atoms with E-state index >= 15 is 0 Å². The topological polar surface area (TPSA) is 110 Å². The Bertz CT molecular complexity index is 987. The number of hydrogen-bond donors (Lipinski definition) is 1. The van der Waals surface area contributed by atoms with Gasteiger partial charge in [-0.2, -0.15) is 4.31 Å². The highest BCUT2D eigenvalue weighted by atomic mass is 35.5. The van der Waals surface area contributed by atoms with Gasteiger partial charge in [0.2, 0.25) is 10.0 Å². The molecule has 2 rings (SSSR count). The molecule has 1 amide bonds. The Hall–Kier alpha value is -2.49. The van der Waals surface area contributed by atoms with E-state index < -0.39 is 20.9 Å². The first kappa shape index (κ1) is 22.8. The van der Waals surface area contributed by atoms with Crippen molar-refractivity contribution in [1.82, 2.24) is 4.31 Å². The van der Waals surface area contributed by atoms with E-state index in [2.05, 4.69) is 5.32 Å². The van der Waals surface area contributed by atoms with E-state index in [9.17, 15) is 23.3 Å². The third kappa shape index (κ3) is 5.53. The molecule has 1 N–H and O–H groups in total. The SMILES string of the molecule is CCCN(CCC)S(=O)(=O)c1ccc(NC(=O)c2ccc(Cl)c([N+](=O)[O-])c2)cc1. The first-order chi connectivity index (χ1) is 13.7. The average Bonchev–Trinajstić information content (AvgIpc) is 2.68. The van der Waals surface area contributed by atoms with Crippen molar-refractivity contribution in [2.45, 2.75) is 31.6 Å². The van der Waals surface area contributed by atoms with Gasteiger partial charge in [-0.25, -0.2) is 8.42 Å². The van der Waals surface area contributed by atoms with Crippen molar-refractivity contribution in [2.75, 3.05) is 18.4 Å². The molecular weight excluding hydrogens is 418 g/mol. The van der Waals surface area contributed by atoms with Crippen molar-refractivity contribution in [1.29, 1.82) is 0 Å². The third-order valence-electron chi connectivity index (χ3n) is 4.10. The van der Waals surface area contributed by atoms with Crippen LogP contribution in [0.25, 0.3) is 0 Å². The van der Waals surface area contributed by atoms with Gasteiger partial charge in [0, 0.05) is 30.4 Å². The number of anilines is 1. The number of nitrogens with zero attached hydrogens (tertiary/aromatic N) is 2. The molecule has 29 heavy (non-hydrogen) atoms. The molecule has 0 bridgehead atoms. The van der Waals surface area contributed by atoms with Gasteiger partial charge in [0.25, 0.3) is 11.6 Å². The highest BCUT2D eigenvalue weighted by Crippen LogP contribution is 2.26. The predicted molar refractivity (Wildman–Crippen MR) is 112 cm³/mol. The highest BCUT2D eigenvalue weighted by molar-refractivity contribution is 7.89. The summed E-state index contributed by atoms with van der Waals surface area (Å²) in [5.74, 6) is -0.570. The van der Waals surface area contributed by atoms with Gasteiger partial charge in [-0.3, -0.25) is 14.9 Å². The van der Waals surface area contributed by atoms with Crippen molar-refractivity contribution < 1.29 is 18.1 Å². The zero-order valence-corrected chi connectivity index (χ0v) is 17.7. The van der Waals surface area contributed by atoms with E-state index in [-0.39, 0.29) is 21.2 Å². The van der Waals surface area contributed by atoms with Crippen molar-refractivity contribution in [2.24, 2.45) is 0 Å². The first-order valence-electron chi connectivity index (χ1n) is 9.06. The minimum Gasteiger partial charge on any atom is -0.322 e. The van der Waals surface area contributed by atoms with Gasteiger partial charge >= 0.3 is 0 Å². The molecule has 0 atom stereocenters. The number of hydrogen-bond acceptors (Lipinski definition) is 5. The highest BCUT2D eigenvalue weighted by Gasteiger charge is 2.23. The maximum absolute atomic E-state index is 12.8. The summed E-state index contributed by atoms with van der Waals surface area (Å²) in [6.45, 7) is 4.70. The Labute approximate surface area is 174 Å². The number of sulfonamides is 1. The van der Waals surface area contributed by atoms with Crippen molar-refractivity contribution >= 4 is 38.9 Å². The lowest BCUT2D eigenvalue weighted by Gasteiger charge is -2.21. The Balaban J connectivity index is 2.19. The number of amides is 1. The quantitative estimate of drug-likeness (QED) is 0.462. The molecule has 0 aliphatic carbocycles. The molecule has 156 valence electrons. The largest absolute Gasteiger partial charge is 0.322 e.